The number of nitrogens with one attached hydrogen (secondary N) is 1. The van der Waals surface area contributed by atoms with Gasteiger partial charge in [0.15, 0.2) is 0 Å². The first-order valence-electron chi connectivity index (χ1n) is 9.06. The van der Waals surface area contributed by atoms with Crippen LogP contribution in [-0.4, -0.2) is 53.5 Å². The molecule has 136 valence electrons. The molecule has 0 aliphatic carbocycles. The molecule has 0 bridgehead atoms. The van der Waals surface area contributed by atoms with Gasteiger partial charge in [0.05, 0.1) is 10.6 Å². The topological polar surface area (TPSA) is 78.7 Å². The monoisotopic (exact) mass is 346 g/mol. The molecule has 3 rings (SSSR count). The van der Waals surface area contributed by atoms with Crippen LogP contribution in [0.5, 0.6) is 0 Å². The maximum atomic E-state index is 12.5. The third-order valence-corrected chi connectivity index (χ3v) is 5.21. The van der Waals surface area contributed by atoms with Crippen molar-refractivity contribution in [2.24, 2.45) is 5.92 Å². The van der Waals surface area contributed by atoms with Crippen LogP contribution in [0, 0.1) is 23.0 Å². The lowest BCUT2D eigenvalue weighted by Gasteiger charge is -2.29. The summed E-state index contributed by atoms with van der Waals surface area (Å²) in [6.45, 7) is 6.77. The Balaban J connectivity index is 1.55. The Bertz CT molecular complexity index is 643. The van der Waals surface area contributed by atoms with Crippen molar-refractivity contribution >= 4 is 17.4 Å². The second kappa shape index (κ2) is 7.82. The number of carbonyl (C=O) groups is 1. The Morgan fingerprint density at radius 3 is 2.76 bits per heavy atom. The average Bonchev–Trinajstić information content (AvgIpc) is 3.06. The Labute approximate surface area is 148 Å². The average molecular weight is 346 g/mol. The fraction of sp³-hybridized carbons (Fsp3) is 0.611. The van der Waals surface area contributed by atoms with Gasteiger partial charge in [0.1, 0.15) is 0 Å². The lowest BCUT2D eigenvalue weighted by atomic mass is 10.1. The van der Waals surface area contributed by atoms with E-state index in [4.69, 9.17) is 0 Å². The van der Waals surface area contributed by atoms with Crippen molar-refractivity contribution in [1.82, 2.24) is 9.80 Å². The number of anilines is 1. The van der Waals surface area contributed by atoms with Gasteiger partial charge in [0.25, 0.3) is 5.69 Å². The van der Waals surface area contributed by atoms with Crippen molar-refractivity contribution in [1.29, 1.82) is 0 Å². The van der Waals surface area contributed by atoms with Crippen LogP contribution in [-0.2, 0) is 0 Å². The maximum absolute atomic E-state index is 12.5. The highest BCUT2D eigenvalue weighted by Crippen LogP contribution is 2.24. The van der Waals surface area contributed by atoms with E-state index in [1.54, 1.807) is 6.07 Å². The standard InChI is InChI=1S/C18H26N4O3/c1-14-5-6-16(22(24)25)11-17(14)19-18(23)21-10-7-15(13-21)12-20-8-3-2-4-9-20/h5-6,11,15H,2-4,7-10,12-13H2,1H3,(H,19,23)/t15-/m1/s1. The molecule has 2 heterocycles. The molecule has 0 spiro atoms. The van der Waals surface area contributed by atoms with Gasteiger partial charge in [-0.05, 0) is 50.8 Å². The quantitative estimate of drug-likeness (QED) is 0.670. The summed E-state index contributed by atoms with van der Waals surface area (Å²) in [4.78, 5) is 27.3. The molecule has 0 saturated carbocycles. The number of amides is 2. The Hall–Kier alpha value is -2.15. The van der Waals surface area contributed by atoms with Gasteiger partial charge >= 0.3 is 6.03 Å². The number of likely N-dealkylation sites (tertiary alicyclic amines) is 2. The zero-order chi connectivity index (χ0) is 17.8. The molecule has 2 aliphatic heterocycles. The van der Waals surface area contributed by atoms with Gasteiger partial charge in [-0.3, -0.25) is 10.1 Å². The van der Waals surface area contributed by atoms with Crippen molar-refractivity contribution in [3.63, 3.8) is 0 Å². The van der Waals surface area contributed by atoms with Crippen molar-refractivity contribution in [2.75, 3.05) is 38.0 Å². The van der Waals surface area contributed by atoms with Crippen LogP contribution in [0.15, 0.2) is 18.2 Å². The third kappa shape index (κ3) is 4.48. The van der Waals surface area contributed by atoms with Crippen molar-refractivity contribution in [3.05, 3.63) is 33.9 Å². The molecule has 7 nitrogen and oxygen atoms in total. The van der Waals surface area contributed by atoms with Crippen molar-refractivity contribution in [2.45, 2.75) is 32.6 Å². The highest BCUT2D eigenvalue weighted by molar-refractivity contribution is 5.90. The number of carbonyl (C=O) groups excluding carboxylic acids is 1. The summed E-state index contributed by atoms with van der Waals surface area (Å²) in [5.41, 5.74) is 1.33. The maximum Gasteiger partial charge on any atom is 0.321 e. The number of nitrogens with zero attached hydrogens (tertiary/aromatic N) is 3. The first-order valence-corrected chi connectivity index (χ1v) is 9.06. The molecule has 0 radical (unpaired) electrons. The molecule has 0 unspecified atom stereocenters. The molecular weight excluding hydrogens is 320 g/mol. The second-order valence-corrected chi connectivity index (χ2v) is 7.15. The van der Waals surface area contributed by atoms with Gasteiger partial charge < -0.3 is 15.1 Å². The van der Waals surface area contributed by atoms with E-state index >= 15 is 0 Å². The molecule has 2 fully saturated rings. The normalized spacial score (nSPS) is 21.3. The Morgan fingerprint density at radius 2 is 2.04 bits per heavy atom. The molecule has 1 N–H and O–H groups in total. The first kappa shape index (κ1) is 17.7. The number of nitro groups is 1. The highest BCUT2D eigenvalue weighted by atomic mass is 16.6. The third-order valence-electron chi connectivity index (χ3n) is 5.21. The van der Waals surface area contributed by atoms with Crippen molar-refractivity contribution < 1.29 is 9.72 Å². The first-order chi connectivity index (χ1) is 12.0. The summed E-state index contributed by atoms with van der Waals surface area (Å²) in [5, 5.41) is 13.8. The van der Waals surface area contributed by atoms with E-state index in [1.807, 2.05) is 11.8 Å². The van der Waals surface area contributed by atoms with Crippen LogP contribution in [0.3, 0.4) is 0 Å². The minimum Gasteiger partial charge on any atom is -0.324 e. The van der Waals surface area contributed by atoms with Gasteiger partial charge in [0, 0.05) is 31.8 Å². The number of piperidine rings is 1. The molecule has 1 atom stereocenters. The number of hydrogen-bond donors (Lipinski definition) is 1. The lowest BCUT2D eigenvalue weighted by Crippen LogP contribution is -2.37. The minimum absolute atomic E-state index is 0.00898. The van der Waals surface area contributed by atoms with Gasteiger partial charge in [-0.2, -0.15) is 0 Å². The van der Waals surface area contributed by atoms with E-state index in [0.29, 0.717) is 11.6 Å². The van der Waals surface area contributed by atoms with Crippen LogP contribution in [0.2, 0.25) is 0 Å². The largest absolute Gasteiger partial charge is 0.324 e. The number of benzene rings is 1. The molecule has 1 aromatic rings. The van der Waals surface area contributed by atoms with E-state index in [9.17, 15) is 14.9 Å². The highest BCUT2D eigenvalue weighted by Gasteiger charge is 2.28. The Morgan fingerprint density at radius 1 is 1.28 bits per heavy atom. The van der Waals surface area contributed by atoms with E-state index < -0.39 is 4.92 Å². The summed E-state index contributed by atoms with van der Waals surface area (Å²) in [6, 6.07) is 4.38. The van der Waals surface area contributed by atoms with Gasteiger partial charge in [-0.25, -0.2) is 4.79 Å². The molecule has 2 aliphatic rings. The minimum atomic E-state index is -0.445. The van der Waals surface area contributed by atoms with Crippen LogP contribution in [0.1, 0.15) is 31.2 Å². The fourth-order valence-electron chi connectivity index (χ4n) is 3.73. The predicted molar refractivity (Wildman–Crippen MR) is 96.8 cm³/mol. The number of rotatable bonds is 4. The summed E-state index contributed by atoms with van der Waals surface area (Å²) < 4.78 is 0. The van der Waals surface area contributed by atoms with Crippen LogP contribution < -0.4 is 5.32 Å². The summed E-state index contributed by atoms with van der Waals surface area (Å²) in [6.07, 6.45) is 4.92. The molecule has 0 aromatic heterocycles. The van der Waals surface area contributed by atoms with Gasteiger partial charge in [0.2, 0.25) is 0 Å². The van der Waals surface area contributed by atoms with Crippen LogP contribution in [0.25, 0.3) is 0 Å². The zero-order valence-electron chi connectivity index (χ0n) is 14.7. The second-order valence-electron chi connectivity index (χ2n) is 7.15. The number of urea groups is 1. The summed E-state index contributed by atoms with van der Waals surface area (Å²) in [5.74, 6) is 0.523. The van der Waals surface area contributed by atoms with Crippen LogP contribution >= 0.6 is 0 Å². The molecule has 1 aromatic carbocycles. The number of aryl methyl sites for hydroxylation is 1. The molecule has 2 saturated heterocycles. The van der Waals surface area contributed by atoms with Crippen LogP contribution in [0.4, 0.5) is 16.2 Å². The molecule has 7 heteroatoms. The molecule has 2 amide bonds. The smallest absolute Gasteiger partial charge is 0.321 e. The SMILES string of the molecule is Cc1ccc([N+](=O)[O-])cc1NC(=O)N1CC[C@H](CN2CCCCC2)C1. The summed E-state index contributed by atoms with van der Waals surface area (Å²) in [7, 11) is 0. The van der Waals surface area contributed by atoms with E-state index in [2.05, 4.69) is 10.2 Å². The summed E-state index contributed by atoms with van der Waals surface area (Å²) >= 11 is 0. The van der Waals surface area contributed by atoms with E-state index in [-0.39, 0.29) is 11.7 Å². The number of hydrogen-bond acceptors (Lipinski definition) is 4. The van der Waals surface area contributed by atoms with E-state index in [0.717, 1.165) is 31.6 Å². The number of non-ortho nitro benzene ring substituents is 1. The Kier molecular flexibility index (Phi) is 5.53. The van der Waals surface area contributed by atoms with Gasteiger partial charge in [-0.1, -0.05) is 12.5 Å². The molecular formula is C18H26N4O3. The van der Waals surface area contributed by atoms with E-state index in [1.165, 1.54) is 44.5 Å². The fourth-order valence-corrected chi connectivity index (χ4v) is 3.73. The predicted octanol–water partition coefficient (Wildman–Crippen LogP) is 3.24. The molecule has 25 heavy (non-hydrogen) atoms. The number of nitro benzene ring substituents is 1. The lowest BCUT2D eigenvalue weighted by molar-refractivity contribution is -0.384. The zero-order valence-corrected chi connectivity index (χ0v) is 14.7. The van der Waals surface area contributed by atoms with Gasteiger partial charge in [-0.15, -0.1) is 0 Å². The van der Waals surface area contributed by atoms with Crippen molar-refractivity contribution in [3.8, 4) is 0 Å².